The highest BCUT2D eigenvalue weighted by Crippen LogP contribution is 2.18. The Kier molecular flexibility index (Phi) is 3.89. The van der Waals surface area contributed by atoms with E-state index in [4.69, 9.17) is 0 Å². The maximum Gasteiger partial charge on any atom is 0.271 e. The third-order valence-corrected chi connectivity index (χ3v) is 3.16. The normalized spacial score (nSPS) is 14.0. The van der Waals surface area contributed by atoms with E-state index < -0.39 is 5.60 Å². The fraction of sp³-hybridized carbons (Fsp3) is 0.462. The highest BCUT2D eigenvalue weighted by molar-refractivity contribution is 5.92. The second-order valence-corrected chi connectivity index (χ2v) is 4.99. The Hall–Kier alpha value is -2.15. The van der Waals surface area contributed by atoms with Gasteiger partial charge in [0.05, 0.1) is 12.7 Å². The summed E-state index contributed by atoms with van der Waals surface area (Å²) in [7, 11) is 1.77. The zero-order chi connectivity index (χ0) is 14.8. The van der Waals surface area contributed by atoms with Crippen LogP contribution < -0.4 is 5.32 Å². The lowest BCUT2D eigenvalue weighted by Crippen LogP contribution is -2.38. The van der Waals surface area contributed by atoms with E-state index in [0.29, 0.717) is 11.3 Å². The lowest BCUT2D eigenvalue weighted by molar-refractivity contribution is 0.0524. The summed E-state index contributed by atoms with van der Waals surface area (Å²) in [6.45, 7) is 3.69. The lowest BCUT2D eigenvalue weighted by atomic mass is 10.00. The Bertz CT molecular complexity index is 599. The number of aliphatic hydroxyl groups is 1. The third kappa shape index (κ3) is 3.05. The van der Waals surface area contributed by atoms with Crippen molar-refractivity contribution in [1.29, 1.82) is 0 Å². The van der Waals surface area contributed by atoms with Crippen LogP contribution in [0.4, 0.5) is 0 Å². The van der Waals surface area contributed by atoms with Crippen molar-refractivity contribution < 1.29 is 9.90 Å². The Morgan fingerprint density at radius 1 is 1.60 bits per heavy atom. The SMILES string of the molecule is CCc1cc(C(=O)NCC(C)(O)c2cnn(C)c2)n[nH]1. The summed E-state index contributed by atoms with van der Waals surface area (Å²) in [6, 6.07) is 1.70. The van der Waals surface area contributed by atoms with Gasteiger partial charge in [0.1, 0.15) is 11.3 Å². The van der Waals surface area contributed by atoms with Gasteiger partial charge in [-0.25, -0.2) is 0 Å². The summed E-state index contributed by atoms with van der Waals surface area (Å²) in [4.78, 5) is 11.9. The number of amides is 1. The molecule has 0 spiro atoms. The molecule has 0 radical (unpaired) electrons. The van der Waals surface area contributed by atoms with Crippen molar-refractivity contribution >= 4 is 5.91 Å². The average Bonchev–Trinajstić information content (AvgIpc) is 3.04. The lowest BCUT2D eigenvalue weighted by Gasteiger charge is -2.21. The summed E-state index contributed by atoms with van der Waals surface area (Å²) < 4.78 is 1.60. The number of carbonyl (C=O) groups excluding carboxylic acids is 1. The molecule has 0 fully saturated rings. The molecule has 0 aliphatic heterocycles. The fourth-order valence-corrected chi connectivity index (χ4v) is 1.80. The molecule has 0 aromatic carbocycles. The van der Waals surface area contributed by atoms with Crippen LogP contribution in [-0.2, 0) is 19.1 Å². The first-order valence-electron chi connectivity index (χ1n) is 6.46. The quantitative estimate of drug-likeness (QED) is 0.734. The second-order valence-electron chi connectivity index (χ2n) is 4.99. The van der Waals surface area contributed by atoms with Crippen LogP contribution in [0.15, 0.2) is 18.5 Å². The van der Waals surface area contributed by atoms with Gasteiger partial charge in [-0.05, 0) is 19.4 Å². The largest absolute Gasteiger partial charge is 0.383 e. The minimum Gasteiger partial charge on any atom is -0.383 e. The van der Waals surface area contributed by atoms with Crippen LogP contribution >= 0.6 is 0 Å². The number of hydrogen-bond acceptors (Lipinski definition) is 4. The predicted octanol–water partition coefficient (Wildman–Crippen LogP) is 0.343. The molecule has 108 valence electrons. The maximum absolute atomic E-state index is 11.9. The third-order valence-electron chi connectivity index (χ3n) is 3.16. The van der Waals surface area contributed by atoms with Crippen LogP contribution in [0.5, 0.6) is 0 Å². The zero-order valence-corrected chi connectivity index (χ0v) is 11.8. The standard InChI is InChI=1S/C13H19N5O2/c1-4-10-5-11(17-16-10)12(19)14-8-13(2,20)9-6-15-18(3)7-9/h5-7,20H,4,8H2,1-3H3,(H,14,19)(H,16,17). The van der Waals surface area contributed by atoms with E-state index in [1.165, 1.54) is 0 Å². The number of nitrogens with one attached hydrogen (secondary N) is 2. The number of nitrogens with zero attached hydrogens (tertiary/aromatic N) is 3. The average molecular weight is 277 g/mol. The number of aromatic nitrogens is 4. The highest BCUT2D eigenvalue weighted by Gasteiger charge is 2.26. The Balaban J connectivity index is 1.98. The van der Waals surface area contributed by atoms with E-state index >= 15 is 0 Å². The molecule has 2 rings (SSSR count). The second kappa shape index (κ2) is 5.46. The van der Waals surface area contributed by atoms with E-state index in [1.807, 2.05) is 6.92 Å². The first-order valence-corrected chi connectivity index (χ1v) is 6.46. The molecule has 2 aromatic heterocycles. The molecule has 1 amide bonds. The van der Waals surface area contributed by atoms with E-state index in [9.17, 15) is 9.90 Å². The van der Waals surface area contributed by atoms with Crippen molar-refractivity contribution in [2.75, 3.05) is 6.54 Å². The molecule has 20 heavy (non-hydrogen) atoms. The molecule has 0 saturated carbocycles. The Morgan fingerprint density at radius 2 is 2.35 bits per heavy atom. The molecule has 1 unspecified atom stereocenters. The number of carbonyl (C=O) groups is 1. The first kappa shape index (κ1) is 14.3. The van der Waals surface area contributed by atoms with Gasteiger partial charge in [-0.1, -0.05) is 6.92 Å². The van der Waals surface area contributed by atoms with Crippen LogP contribution in [0.1, 0.15) is 35.6 Å². The summed E-state index contributed by atoms with van der Waals surface area (Å²) in [5.41, 5.74) is 0.697. The molecule has 7 heteroatoms. The van der Waals surface area contributed by atoms with E-state index in [-0.39, 0.29) is 12.5 Å². The molecular weight excluding hydrogens is 258 g/mol. The monoisotopic (exact) mass is 277 g/mol. The van der Waals surface area contributed by atoms with Crippen molar-refractivity contribution in [3.05, 3.63) is 35.4 Å². The van der Waals surface area contributed by atoms with Crippen molar-refractivity contribution in [2.24, 2.45) is 7.05 Å². The minimum absolute atomic E-state index is 0.0891. The number of hydrogen-bond donors (Lipinski definition) is 3. The molecule has 1 atom stereocenters. The van der Waals surface area contributed by atoms with Crippen molar-refractivity contribution in [2.45, 2.75) is 25.9 Å². The van der Waals surface area contributed by atoms with E-state index in [0.717, 1.165) is 12.1 Å². The van der Waals surface area contributed by atoms with Crippen LogP contribution in [0.3, 0.4) is 0 Å². The predicted molar refractivity (Wildman–Crippen MR) is 73.1 cm³/mol. The molecule has 7 nitrogen and oxygen atoms in total. The molecule has 0 bridgehead atoms. The maximum atomic E-state index is 11.9. The molecule has 0 aliphatic carbocycles. The molecule has 2 heterocycles. The molecule has 0 aliphatic rings. The topological polar surface area (TPSA) is 95.8 Å². The molecule has 0 saturated heterocycles. The van der Waals surface area contributed by atoms with Gasteiger partial charge in [0.15, 0.2) is 0 Å². The molecule has 2 aromatic rings. The van der Waals surface area contributed by atoms with Gasteiger partial charge >= 0.3 is 0 Å². The first-order chi connectivity index (χ1) is 9.42. The summed E-state index contributed by atoms with van der Waals surface area (Å²) in [6.07, 6.45) is 4.08. The van der Waals surface area contributed by atoms with Crippen molar-refractivity contribution in [3.63, 3.8) is 0 Å². The number of rotatable bonds is 5. The number of H-pyrrole nitrogens is 1. The number of aromatic amines is 1. The minimum atomic E-state index is -1.17. The van der Waals surface area contributed by atoms with E-state index in [2.05, 4.69) is 20.6 Å². The van der Waals surface area contributed by atoms with Gasteiger partial charge in [-0.15, -0.1) is 0 Å². The summed E-state index contributed by atoms with van der Waals surface area (Å²) in [5, 5.41) is 23.7. The number of aryl methyl sites for hydroxylation is 2. The smallest absolute Gasteiger partial charge is 0.271 e. The summed E-state index contributed by atoms with van der Waals surface area (Å²) in [5.74, 6) is -0.315. The summed E-state index contributed by atoms with van der Waals surface area (Å²) >= 11 is 0. The highest BCUT2D eigenvalue weighted by atomic mass is 16.3. The van der Waals surface area contributed by atoms with Crippen molar-refractivity contribution in [1.82, 2.24) is 25.3 Å². The Morgan fingerprint density at radius 3 is 2.90 bits per heavy atom. The molecule has 3 N–H and O–H groups in total. The fourth-order valence-electron chi connectivity index (χ4n) is 1.80. The van der Waals surface area contributed by atoms with Gasteiger partial charge in [-0.2, -0.15) is 10.2 Å². The molecular formula is C13H19N5O2. The van der Waals surface area contributed by atoms with Crippen molar-refractivity contribution in [3.8, 4) is 0 Å². The van der Waals surface area contributed by atoms with Gasteiger partial charge in [0, 0.05) is 24.5 Å². The van der Waals surface area contributed by atoms with Gasteiger partial charge in [0.25, 0.3) is 5.91 Å². The van der Waals surface area contributed by atoms with E-state index in [1.54, 1.807) is 37.1 Å². The van der Waals surface area contributed by atoms with Gasteiger partial charge < -0.3 is 10.4 Å². The van der Waals surface area contributed by atoms with Gasteiger partial charge in [0.2, 0.25) is 0 Å². The zero-order valence-electron chi connectivity index (χ0n) is 11.8. The van der Waals surface area contributed by atoms with Crippen LogP contribution in [0, 0.1) is 0 Å². The van der Waals surface area contributed by atoms with Gasteiger partial charge in [-0.3, -0.25) is 14.6 Å². The van der Waals surface area contributed by atoms with Crippen LogP contribution in [0.25, 0.3) is 0 Å². The van der Waals surface area contributed by atoms with Crippen LogP contribution in [-0.4, -0.2) is 37.5 Å². The van der Waals surface area contributed by atoms with Crippen LogP contribution in [0.2, 0.25) is 0 Å². The Labute approximate surface area is 117 Å².